The van der Waals surface area contributed by atoms with Crippen LogP contribution in [0.5, 0.6) is 0 Å². The maximum atomic E-state index is 10.7. The number of nitriles is 1. The van der Waals surface area contributed by atoms with Gasteiger partial charge in [-0.1, -0.05) is 49.1 Å². The van der Waals surface area contributed by atoms with Crippen LogP contribution in [0.2, 0.25) is 19.6 Å². The Morgan fingerprint density at radius 3 is 2.39 bits per heavy atom. The van der Waals surface area contributed by atoms with Gasteiger partial charge in [0, 0.05) is 6.54 Å². The molecule has 0 bridgehead atoms. The summed E-state index contributed by atoms with van der Waals surface area (Å²) >= 11 is 0. The van der Waals surface area contributed by atoms with E-state index < -0.39 is 21.0 Å². The van der Waals surface area contributed by atoms with Crippen molar-refractivity contribution >= 4 is 30.7 Å². The molecule has 0 unspecified atom stereocenters. The molecule has 0 spiro atoms. The van der Waals surface area contributed by atoms with Crippen LogP contribution in [-0.4, -0.2) is 35.9 Å². The van der Waals surface area contributed by atoms with Gasteiger partial charge in [0.15, 0.2) is 5.76 Å². The summed E-state index contributed by atoms with van der Waals surface area (Å²) in [6.45, 7) is 10.6. The van der Waals surface area contributed by atoms with E-state index in [1.807, 2.05) is 38.1 Å². The summed E-state index contributed by atoms with van der Waals surface area (Å²) in [6.07, 6.45) is -1.45. The maximum Gasteiger partial charge on any atom is 0.508 e. The van der Waals surface area contributed by atoms with Crippen molar-refractivity contribution in [2.45, 2.75) is 40.0 Å². The van der Waals surface area contributed by atoms with Crippen molar-refractivity contribution < 1.29 is 19.4 Å². The van der Waals surface area contributed by atoms with E-state index in [4.69, 9.17) is 9.84 Å². The monoisotopic (exact) mass is 399 g/mol. The van der Waals surface area contributed by atoms with E-state index in [1.165, 1.54) is 5.19 Å². The third kappa shape index (κ3) is 5.01. The molecule has 148 valence electrons. The SMILES string of the molecule is CCn1nc(C)cc1C(OCOC(=O)O)=C(C#N)c1ccc([Si](C)(C)C)cc1. The molecule has 0 saturated heterocycles. The second kappa shape index (κ2) is 8.76. The second-order valence-corrected chi connectivity index (χ2v) is 12.4. The molecule has 0 aliphatic carbocycles. The molecule has 1 N–H and O–H groups in total. The molecule has 1 heterocycles. The van der Waals surface area contributed by atoms with Crippen LogP contribution in [0.4, 0.5) is 4.79 Å². The third-order valence-electron chi connectivity index (χ3n) is 4.20. The van der Waals surface area contributed by atoms with Crippen molar-refractivity contribution in [3.05, 3.63) is 47.3 Å². The molecule has 1 aromatic carbocycles. The highest BCUT2D eigenvalue weighted by Crippen LogP contribution is 2.28. The fourth-order valence-electron chi connectivity index (χ4n) is 2.77. The number of rotatable bonds is 7. The largest absolute Gasteiger partial charge is 0.508 e. The summed E-state index contributed by atoms with van der Waals surface area (Å²) in [6, 6.07) is 11.9. The van der Waals surface area contributed by atoms with Crippen LogP contribution in [0.15, 0.2) is 30.3 Å². The summed E-state index contributed by atoms with van der Waals surface area (Å²) in [5.41, 5.74) is 2.35. The van der Waals surface area contributed by atoms with E-state index in [1.54, 1.807) is 10.7 Å². The molecule has 0 fully saturated rings. The van der Waals surface area contributed by atoms with Gasteiger partial charge in [0.2, 0.25) is 6.79 Å². The number of nitrogens with zero attached hydrogens (tertiary/aromatic N) is 3. The van der Waals surface area contributed by atoms with Gasteiger partial charge in [0.25, 0.3) is 0 Å². The van der Waals surface area contributed by atoms with Gasteiger partial charge in [-0.3, -0.25) is 4.68 Å². The molecule has 0 atom stereocenters. The lowest BCUT2D eigenvalue weighted by atomic mass is 10.0. The first-order valence-electron chi connectivity index (χ1n) is 8.96. The van der Waals surface area contributed by atoms with Gasteiger partial charge in [-0.25, -0.2) is 4.79 Å². The van der Waals surface area contributed by atoms with Gasteiger partial charge in [0.05, 0.1) is 13.8 Å². The Labute approximate surface area is 165 Å². The molecule has 2 rings (SSSR count). The number of hydrogen-bond donors (Lipinski definition) is 1. The fourth-order valence-corrected chi connectivity index (χ4v) is 3.93. The zero-order valence-corrected chi connectivity index (χ0v) is 17.8. The third-order valence-corrected chi connectivity index (χ3v) is 6.26. The molecule has 1 aromatic heterocycles. The van der Waals surface area contributed by atoms with E-state index in [-0.39, 0.29) is 5.76 Å². The van der Waals surface area contributed by atoms with E-state index in [2.05, 4.69) is 35.5 Å². The summed E-state index contributed by atoms with van der Waals surface area (Å²) in [7, 11) is -1.47. The number of carbonyl (C=O) groups is 1. The minimum Gasteiger partial charge on any atom is -0.454 e. The van der Waals surface area contributed by atoms with E-state index in [0.29, 0.717) is 23.4 Å². The highest BCUT2D eigenvalue weighted by Gasteiger charge is 2.20. The van der Waals surface area contributed by atoms with Gasteiger partial charge in [-0.05, 0) is 25.5 Å². The molecule has 0 aliphatic rings. The lowest BCUT2D eigenvalue weighted by Crippen LogP contribution is -2.37. The number of carboxylic acid groups (broad SMARTS) is 1. The Bertz CT molecular complexity index is 918. The van der Waals surface area contributed by atoms with Crippen LogP contribution >= 0.6 is 0 Å². The van der Waals surface area contributed by atoms with E-state index in [0.717, 1.165) is 5.69 Å². The Morgan fingerprint density at radius 2 is 1.89 bits per heavy atom. The minimum atomic E-state index is -1.47. The highest BCUT2D eigenvalue weighted by atomic mass is 28.3. The number of ether oxygens (including phenoxy) is 2. The minimum absolute atomic E-state index is 0.243. The van der Waals surface area contributed by atoms with E-state index in [9.17, 15) is 10.1 Å². The predicted octanol–water partition coefficient (Wildman–Crippen LogP) is 3.82. The van der Waals surface area contributed by atoms with Crippen molar-refractivity contribution in [3.8, 4) is 6.07 Å². The zero-order valence-electron chi connectivity index (χ0n) is 16.8. The first kappa shape index (κ1) is 21.2. The maximum absolute atomic E-state index is 10.7. The molecular formula is C20H25N3O4Si. The number of allylic oxidation sites excluding steroid dienone is 1. The predicted molar refractivity (Wildman–Crippen MR) is 110 cm³/mol. The first-order valence-corrected chi connectivity index (χ1v) is 12.5. The van der Waals surface area contributed by atoms with Crippen molar-refractivity contribution in [2.24, 2.45) is 0 Å². The van der Waals surface area contributed by atoms with Crippen LogP contribution in [0.1, 0.15) is 23.9 Å². The van der Waals surface area contributed by atoms with Crippen molar-refractivity contribution in [2.75, 3.05) is 6.79 Å². The Kier molecular flexibility index (Phi) is 6.65. The molecule has 7 nitrogen and oxygen atoms in total. The standard InChI is InChI=1S/C20H25N3O4Si/c1-6-23-18(11-14(2)22-23)19(26-13-27-20(24)25)17(12-21)15-7-9-16(10-8-15)28(3,4)5/h7-11H,6,13H2,1-5H3,(H,24,25). The van der Waals surface area contributed by atoms with Crippen molar-refractivity contribution in [1.82, 2.24) is 9.78 Å². The summed E-state index contributed by atoms with van der Waals surface area (Å²) < 4.78 is 11.8. The number of aromatic nitrogens is 2. The smallest absolute Gasteiger partial charge is 0.454 e. The van der Waals surface area contributed by atoms with Gasteiger partial charge in [-0.15, -0.1) is 0 Å². The molecule has 8 heteroatoms. The lowest BCUT2D eigenvalue weighted by molar-refractivity contribution is 0.0132. The Balaban J connectivity index is 2.57. The van der Waals surface area contributed by atoms with Crippen LogP contribution in [0, 0.1) is 18.3 Å². The summed E-state index contributed by atoms with van der Waals surface area (Å²) in [5.74, 6) is 0.243. The van der Waals surface area contributed by atoms with Crippen molar-refractivity contribution in [3.63, 3.8) is 0 Å². The molecular weight excluding hydrogens is 374 g/mol. The van der Waals surface area contributed by atoms with Gasteiger partial charge < -0.3 is 14.6 Å². The average Bonchev–Trinajstić information content (AvgIpc) is 3.01. The number of benzene rings is 1. The van der Waals surface area contributed by atoms with Gasteiger partial charge in [-0.2, -0.15) is 10.4 Å². The lowest BCUT2D eigenvalue weighted by Gasteiger charge is -2.17. The Hall–Kier alpha value is -3.05. The van der Waals surface area contributed by atoms with Crippen LogP contribution in [-0.2, 0) is 16.0 Å². The highest BCUT2D eigenvalue weighted by molar-refractivity contribution is 6.88. The normalized spacial score (nSPS) is 12.1. The topological polar surface area (TPSA) is 97.4 Å². The van der Waals surface area contributed by atoms with Gasteiger partial charge in [0.1, 0.15) is 17.3 Å². The number of hydrogen-bond acceptors (Lipinski definition) is 5. The van der Waals surface area contributed by atoms with E-state index >= 15 is 0 Å². The zero-order chi connectivity index (χ0) is 20.9. The molecule has 0 amide bonds. The number of aryl methyl sites for hydroxylation is 2. The fraction of sp³-hybridized carbons (Fsp3) is 0.350. The molecule has 2 aromatic rings. The van der Waals surface area contributed by atoms with Crippen LogP contribution in [0.25, 0.3) is 11.3 Å². The van der Waals surface area contributed by atoms with Crippen LogP contribution in [0.3, 0.4) is 0 Å². The quantitative estimate of drug-likeness (QED) is 0.250. The summed E-state index contributed by atoms with van der Waals surface area (Å²) in [5, 5.41) is 24.2. The van der Waals surface area contributed by atoms with Crippen molar-refractivity contribution in [1.29, 1.82) is 5.26 Å². The van der Waals surface area contributed by atoms with Gasteiger partial charge >= 0.3 is 6.16 Å². The average molecular weight is 400 g/mol. The van der Waals surface area contributed by atoms with Crippen LogP contribution < -0.4 is 5.19 Å². The Morgan fingerprint density at radius 1 is 1.25 bits per heavy atom. The molecule has 0 saturated carbocycles. The summed E-state index contributed by atoms with van der Waals surface area (Å²) in [4.78, 5) is 10.7. The molecule has 0 radical (unpaired) electrons. The molecule has 0 aliphatic heterocycles. The first-order chi connectivity index (χ1) is 13.2. The second-order valence-electron chi connectivity index (χ2n) is 7.30. The molecule has 28 heavy (non-hydrogen) atoms.